The first-order valence-corrected chi connectivity index (χ1v) is 8.00. The van der Waals surface area contributed by atoms with Crippen molar-refractivity contribution in [2.24, 2.45) is 0 Å². The minimum atomic E-state index is -0.157. The van der Waals surface area contributed by atoms with E-state index < -0.39 is 0 Å². The van der Waals surface area contributed by atoms with Crippen molar-refractivity contribution < 1.29 is 14.3 Å². The Morgan fingerprint density at radius 3 is 2.56 bits per heavy atom. The van der Waals surface area contributed by atoms with Crippen molar-refractivity contribution in [3.63, 3.8) is 0 Å². The van der Waals surface area contributed by atoms with Crippen LogP contribution in [-0.4, -0.2) is 20.9 Å². The highest BCUT2D eigenvalue weighted by Crippen LogP contribution is 2.27. The van der Waals surface area contributed by atoms with Crippen LogP contribution in [0.25, 0.3) is 12.3 Å². The summed E-state index contributed by atoms with van der Waals surface area (Å²) in [5.74, 6) is 1.69. The van der Waals surface area contributed by atoms with E-state index in [4.69, 9.17) is 9.47 Å². The van der Waals surface area contributed by atoms with Gasteiger partial charge in [-0.15, -0.1) is 0 Å². The molecule has 0 unspecified atom stereocenters. The fourth-order valence-corrected chi connectivity index (χ4v) is 2.40. The Kier molecular flexibility index (Phi) is 6.06. The number of hydrogen-bond acceptors (Lipinski definition) is 3. The standard InChI is InChI=1S/C20H22BNO3/c1-5-6-20(19-9-15(21)8-7-13(19)2)25-18-11-16(22-14(3)23)10-17(12-18)24-4/h5-12H,2,21H2,1,3-4H3,(H,22,23)/b6-5-,20-19+. The van der Waals surface area contributed by atoms with Crippen LogP contribution in [0.3, 0.4) is 0 Å². The van der Waals surface area contributed by atoms with Gasteiger partial charge in [0.1, 0.15) is 25.1 Å². The molecule has 0 fully saturated rings. The number of carbonyl (C=O) groups is 1. The largest absolute Gasteiger partial charge is 0.497 e. The van der Waals surface area contributed by atoms with E-state index in [0.29, 0.717) is 22.9 Å². The number of allylic oxidation sites excluding steroid dienone is 1. The molecule has 25 heavy (non-hydrogen) atoms. The van der Waals surface area contributed by atoms with Gasteiger partial charge in [-0.3, -0.25) is 4.79 Å². The van der Waals surface area contributed by atoms with Gasteiger partial charge in [-0.25, -0.2) is 0 Å². The van der Waals surface area contributed by atoms with Crippen molar-refractivity contribution in [1.82, 2.24) is 0 Å². The van der Waals surface area contributed by atoms with Crippen LogP contribution < -0.4 is 30.7 Å². The molecular formula is C20H22BNO3. The Morgan fingerprint density at radius 1 is 1.20 bits per heavy atom. The molecule has 0 aliphatic rings. The number of hydrogen-bond donors (Lipinski definition) is 1. The van der Waals surface area contributed by atoms with Crippen LogP contribution in [0, 0.1) is 0 Å². The summed E-state index contributed by atoms with van der Waals surface area (Å²) in [5.41, 5.74) is 1.73. The molecule has 0 aliphatic heterocycles. The molecule has 0 bridgehead atoms. The van der Waals surface area contributed by atoms with E-state index in [-0.39, 0.29) is 5.91 Å². The van der Waals surface area contributed by atoms with Crippen LogP contribution in [0.4, 0.5) is 5.69 Å². The number of methoxy groups -OCH3 is 1. The number of anilines is 1. The van der Waals surface area contributed by atoms with Crippen molar-refractivity contribution in [2.45, 2.75) is 13.8 Å². The van der Waals surface area contributed by atoms with Crippen LogP contribution in [0.1, 0.15) is 13.8 Å². The summed E-state index contributed by atoms with van der Waals surface area (Å²) in [5, 5.41) is 4.54. The third kappa shape index (κ3) is 5.01. The maximum atomic E-state index is 11.3. The van der Waals surface area contributed by atoms with Gasteiger partial charge in [0.15, 0.2) is 0 Å². The lowest BCUT2D eigenvalue weighted by Crippen LogP contribution is -2.30. The van der Waals surface area contributed by atoms with Crippen LogP contribution in [0.5, 0.6) is 11.5 Å². The lowest BCUT2D eigenvalue weighted by molar-refractivity contribution is -0.114. The Hall–Kier alpha value is -2.95. The maximum Gasteiger partial charge on any atom is 0.221 e. The van der Waals surface area contributed by atoms with Gasteiger partial charge in [-0.2, -0.15) is 0 Å². The predicted octanol–water partition coefficient (Wildman–Crippen LogP) is 1.09. The molecule has 0 heterocycles. The van der Waals surface area contributed by atoms with E-state index in [9.17, 15) is 4.79 Å². The van der Waals surface area contributed by atoms with Gasteiger partial charge in [0.05, 0.1) is 7.11 Å². The Balaban J connectivity index is 2.56. The normalized spacial score (nSPS) is 12.0. The highest BCUT2D eigenvalue weighted by Gasteiger charge is 2.06. The zero-order chi connectivity index (χ0) is 18.4. The second-order valence-corrected chi connectivity index (χ2v) is 5.71. The first-order valence-electron chi connectivity index (χ1n) is 8.00. The quantitative estimate of drug-likeness (QED) is 0.832. The SMILES string of the molecule is Bc1ccc(=C)/c(=C(\C=C/C)Oc2cc(NC(C)=O)cc(OC)c2)c1. The zero-order valence-corrected chi connectivity index (χ0v) is 15.1. The van der Waals surface area contributed by atoms with E-state index >= 15 is 0 Å². The minimum Gasteiger partial charge on any atom is -0.497 e. The average Bonchev–Trinajstić information content (AvgIpc) is 2.56. The molecule has 0 spiro atoms. The molecule has 1 amide bonds. The third-order valence-corrected chi connectivity index (χ3v) is 3.51. The van der Waals surface area contributed by atoms with Crippen LogP contribution in [-0.2, 0) is 4.79 Å². The first-order chi connectivity index (χ1) is 11.9. The molecule has 2 aromatic rings. The zero-order valence-electron chi connectivity index (χ0n) is 15.1. The molecule has 4 nitrogen and oxygen atoms in total. The van der Waals surface area contributed by atoms with E-state index in [2.05, 4.69) is 11.9 Å². The van der Waals surface area contributed by atoms with Gasteiger partial charge in [-0.1, -0.05) is 36.3 Å². The van der Waals surface area contributed by atoms with Crippen LogP contribution in [0.15, 0.2) is 48.6 Å². The molecule has 1 N–H and O–H groups in total. The lowest BCUT2D eigenvalue weighted by Gasteiger charge is -2.12. The van der Waals surface area contributed by atoms with Crippen molar-refractivity contribution >= 4 is 37.2 Å². The topological polar surface area (TPSA) is 47.6 Å². The molecule has 128 valence electrons. The molecule has 0 saturated carbocycles. The average molecular weight is 335 g/mol. The van der Waals surface area contributed by atoms with Gasteiger partial charge >= 0.3 is 0 Å². The van der Waals surface area contributed by atoms with Gasteiger partial charge in [0, 0.05) is 36.0 Å². The maximum absolute atomic E-state index is 11.3. The second kappa shape index (κ2) is 8.24. The summed E-state index contributed by atoms with van der Waals surface area (Å²) < 4.78 is 11.4. The summed E-state index contributed by atoms with van der Waals surface area (Å²) in [6.07, 6.45) is 3.80. The Bertz CT molecular complexity index is 919. The summed E-state index contributed by atoms with van der Waals surface area (Å²) in [6.45, 7) is 7.46. The highest BCUT2D eigenvalue weighted by molar-refractivity contribution is 6.32. The number of ether oxygens (including phenoxy) is 2. The summed E-state index contributed by atoms with van der Waals surface area (Å²) >= 11 is 0. The van der Waals surface area contributed by atoms with E-state index in [1.807, 2.05) is 45.1 Å². The van der Waals surface area contributed by atoms with Crippen molar-refractivity contribution in [2.75, 3.05) is 12.4 Å². The monoisotopic (exact) mass is 335 g/mol. The molecule has 2 rings (SSSR count). The highest BCUT2D eigenvalue weighted by atomic mass is 16.5. The number of carbonyl (C=O) groups excluding carboxylic acids is 1. The van der Waals surface area contributed by atoms with E-state index in [1.54, 1.807) is 25.3 Å². The van der Waals surface area contributed by atoms with Crippen molar-refractivity contribution in [1.29, 1.82) is 0 Å². The van der Waals surface area contributed by atoms with Crippen molar-refractivity contribution in [3.8, 4) is 11.5 Å². The third-order valence-electron chi connectivity index (χ3n) is 3.51. The number of amides is 1. The molecule has 0 atom stereocenters. The number of benzene rings is 2. The molecule has 0 aliphatic carbocycles. The van der Waals surface area contributed by atoms with Crippen LogP contribution in [0.2, 0.25) is 0 Å². The smallest absolute Gasteiger partial charge is 0.221 e. The molecule has 2 aromatic carbocycles. The molecular weight excluding hydrogens is 313 g/mol. The lowest BCUT2D eigenvalue weighted by atomic mass is 9.95. The fraction of sp³-hybridized carbons (Fsp3) is 0.150. The number of nitrogens with one attached hydrogen (secondary N) is 1. The second-order valence-electron chi connectivity index (χ2n) is 5.71. The van der Waals surface area contributed by atoms with Crippen LogP contribution >= 0.6 is 0 Å². The fourth-order valence-electron chi connectivity index (χ4n) is 2.40. The molecule has 5 heteroatoms. The van der Waals surface area contributed by atoms with Gasteiger partial charge in [0.25, 0.3) is 0 Å². The Morgan fingerprint density at radius 2 is 1.92 bits per heavy atom. The predicted molar refractivity (Wildman–Crippen MR) is 106 cm³/mol. The van der Waals surface area contributed by atoms with Gasteiger partial charge < -0.3 is 14.8 Å². The molecule has 0 radical (unpaired) electrons. The van der Waals surface area contributed by atoms with E-state index in [1.165, 1.54) is 6.92 Å². The minimum absolute atomic E-state index is 0.157. The summed E-state index contributed by atoms with van der Waals surface area (Å²) in [7, 11) is 3.60. The summed E-state index contributed by atoms with van der Waals surface area (Å²) in [4.78, 5) is 11.3. The van der Waals surface area contributed by atoms with E-state index in [0.717, 1.165) is 15.9 Å². The molecule has 0 aromatic heterocycles. The molecule has 0 saturated heterocycles. The first kappa shape index (κ1) is 18.4. The van der Waals surface area contributed by atoms with Crippen molar-refractivity contribution in [3.05, 3.63) is 59.0 Å². The number of rotatable bonds is 5. The van der Waals surface area contributed by atoms with Gasteiger partial charge in [-0.05, 0) is 18.2 Å². The Labute approximate surface area is 148 Å². The van der Waals surface area contributed by atoms with Gasteiger partial charge in [0.2, 0.25) is 5.91 Å². The summed E-state index contributed by atoms with van der Waals surface area (Å²) in [6, 6.07) is 11.3.